The van der Waals surface area contributed by atoms with E-state index in [4.69, 9.17) is 0 Å². The highest BCUT2D eigenvalue weighted by molar-refractivity contribution is 5.78. The maximum Gasteiger partial charge on any atom is 0.234 e. The number of nitrogens with one attached hydrogen (secondary N) is 1. The van der Waals surface area contributed by atoms with E-state index >= 15 is 0 Å². The molecule has 18 heavy (non-hydrogen) atoms. The third kappa shape index (κ3) is 2.90. The third-order valence-corrected chi connectivity index (χ3v) is 3.30. The molecule has 5 nitrogen and oxygen atoms in total. The Morgan fingerprint density at radius 1 is 1.50 bits per heavy atom. The normalized spacial score (nSPS) is 17.2. The van der Waals surface area contributed by atoms with E-state index in [0.29, 0.717) is 12.6 Å². The molecule has 1 amide bonds. The van der Waals surface area contributed by atoms with Crippen molar-refractivity contribution in [1.29, 1.82) is 0 Å². The Balaban J connectivity index is 2.09. The molecule has 1 fully saturated rings. The zero-order valence-corrected chi connectivity index (χ0v) is 11.4. The first-order valence-corrected chi connectivity index (χ1v) is 6.66. The van der Waals surface area contributed by atoms with Crippen LogP contribution in [0, 0.1) is 0 Å². The summed E-state index contributed by atoms with van der Waals surface area (Å²) in [4.78, 5) is 13.5. The first-order chi connectivity index (χ1) is 8.60. The zero-order chi connectivity index (χ0) is 13.1. The molecule has 100 valence electrons. The highest BCUT2D eigenvalue weighted by atomic mass is 16.2. The molecule has 0 spiro atoms. The second-order valence-corrected chi connectivity index (χ2v) is 5.09. The quantitative estimate of drug-likeness (QED) is 0.866. The van der Waals surface area contributed by atoms with Gasteiger partial charge in [0.15, 0.2) is 0 Å². The maximum absolute atomic E-state index is 11.4. The number of rotatable bonds is 4. The van der Waals surface area contributed by atoms with E-state index in [0.717, 1.165) is 31.7 Å². The van der Waals surface area contributed by atoms with Crippen molar-refractivity contribution in [3.05, 3.63) is 17.5 Å². The molecule has 2 heterocycles. The highest BCUT2D eigenvalue weighted by Gasteiger charge is 2.19. The second-order valence-electron chi connectivity index (χ2n) is 5.09. The molecule has 0 bridgehead atoms. The lowest BCUT2D eigenvalue weighted by atomic mass is 10.2. The summed E-state index contributed by atoms with van der Waals surface area (Å²) in [5.74, 6) is 0.114. The van der Waals surface area contributed by atoms with Gasteiger partial charge in [-0.1, -0.05) is 6.92 Å². The van der Waals surface area contributed by atoms with Gasteiger partial charge in [0.2, 0.25) is 5.91 Å². The lowest BCUT2D eigenvalue weighted by molar-refractivity contribution is -0.124. The van der Waals surface area contributed by atoms with Crippen LogP contribution < -0.4 is 5.32 Å². The molecule has 1 aromatic rings. The number of aromatic nitrogens is 2. The van der Waals surface area contributed by atoms with E-state index in [2.05, 4.69) is 42.3 Å². The number of piperazine rings is 1. The number of carbonyl (C=O) groups is 1. The fraction of sp³-hybridized carbons (Fsp3) is 0.692. The topological polar surface area (TPSA) is 50.2 Å². The number of carbonyl (C=O) groups excluding carboxylic acids is 1. The number of hydrogen-bond acceptors (Lipinski definition) is 3. The van der Waals surface area contributed by atoms with E-state index in [-0.39, 0.29) is 5.91 Å². The molecule has 1 aromatic heterocycles. The van der Waals surface area contributed by atoms with Crippen molar-refractivity contribution in [1.82, 2.24) is 20.0 Å². The molecule has 0 aliphatic carbocycles. The van der Waals surface area contributed by atoms with Crippen LogP contribution in [0.3, 0.4) is 0 Å². The maximum atomic E-state index is 11.4. The Morgan fingerprint density at radius 2 is 2.28 bits per heavy atom. The van der Waals surface area contributed by atoms with Gasteiger partial charge in [-0.25, -0.2) is 0 Å². The Labute approximate surface area is 108 Å². The number of aryl methyl sites for hydroxylation is 1. The van der Waals surface area contributed by atoms with Crippen LogP contribution in [0.15, 0.2) is 6.20 Å². The largest absolute Gasteiger partial charge is 0.354 e. The summed E-state index contributed by atoms with van der Waals surface area (Å²) in [5, 5.41) is 7.49. The zero-order valence-electron chi connectivity index (χ0n) is 11.4. The first kappa shape index (κ1) is 13.1. The van der Waals surface area contributed by atoms with Gasteiger partial charge in [-0.2, -0.15) is 5.10 Å². The van der Waals surface area contributed by atoms with E-state index in [9.17, 15) is 4.79 Å². The van der Waals surface area contributed by atoms with Gasteiger partial charge in [0, 0.05) is 31.9 Å². The molecule has 0 aromatic carbocycles. The molecule has 0 unspecified atom stereocenters. The smallest absolute Gasteiger partial charge is 0.234 e. The van der Waals surface area contributed by atoms with E-state index in [1.165, 1.54) is 5.56 Å². The second kappa shape index (κ2) is 5.52. The molecule has 1 aliphatic rings. The average molecular weight is 250 g/mol. The van der Waals surface area contributed by atoms with Crippen LogP contribution in [0.1, 0.15) is 38.1 Å². The van der Waals surface area contributed by atoms with E-state index < -0.39 is 0 Å². The van der Waals surface area contributed by atoms with Gasteiger partial charge >= 0.3 is 0 Å². The van der Waals surface area contributed by atoms with Crippen molar-refractivity contribution in [2.45, 2.75) is 39.8 Å². The molecule has 5 heteroatoms. The van der Waals surface area contributed by atoms with Crippen LogP contribution in [0.25, 0.3) is 0 Å². The standard InChI is InChI=1S/C13H22N4O/c1-4-11-7-17(10(2)3)15-12(11)8-16-6-5-14-13(18)9-16/h7,10H,4-6,8-9H2,1-3H3,(H,14,18). The van der Waals surface area contributed by atoms with Crippen molar-refractivity contribution >= 4 is 5.91 Å². The van der Waals surface area contributed by atoms with Crippen LogP contribution in [0.5, 0.6) is 0 Å². The average Bonchev–Trinajstić information content (AvgIpc) is 2.72. The molecule has 1 N–H and O–H groups in total. The van der Waals surface area contributed by atoms with Crippen molar-refractivity contribution in [3.8, 4) is 0 Å². The Morgan fingerprint density at radius 3 is 2.89 bits per heavy atom. The SMILES string of the molecule is CCc1cn(C(C)C)nc1CN1CCNC(=O)C1. The summed E-state index contributed by atoms with van der Waals surface area (Å²) in [6.07, 6.45) is 3.12. The first-order valence-electron chi connectivity index (χ1n) is 6.66. The molecule has 0 radical (unpaired) electrons. The lowest BCUT2D eigenvalue weighted by Gasteiger charge is -2.25. The van der Waals surface area contributed by atoms with Crippen LogP contribution >= 0.6 is 0 Å². The summed E-state index contributed by atoms with van der Waals surface area (Å²) in [5.41, 5.74) is 2.40. The lowest BCUT2D eigenvalue weighted by Crippen LogP contribution is -2.47. The minimum Gasteiger partial charge on any atom is -0.354 e. The van der Waals surface area contributed by atoms with Gasteiger partial charge in [0.1, 0.15) is 0 Å². The predicted octanol–water partition coefficient (Wildman–Crippen LogP) is 0.958. The van der Waals surface area contributed by atoms with Gasteiger partial charge in [0.05, 0.1) is 12.2 Å². The summed E-state index contributed by atoms with van der Waals surface area (Å²) in [6, 6.07) is 0.383. The van der Waals surface area contributed by atoms with Crippen molar-refractivity contribution < 1.29 is 4.79 Å². The molecule has 0 atom stereocenters. The van der Waals surface area contributed by atoms with Crippen LogP contribution in [-0.2, 0) is 17.8 Å². The summed E-state index contributed by atoms with van der Waals surface area (Å²) in [7, 11) is 0. The predicted molar refractivity (Wildman–Crippen MR) is 70.3 cm³/mol. The number of nitrogens with zero attached hydrogens (tertiary/aromatic N) is 3. The minimum absolute atomic E-state index is 0.114. The van der Waals surface area contributed by atoms with Crippen LogP contribution in [0.2, 0.25) is 0 Å². The van der Waals surface area contributed by atoms with Gasteiger partial charge in [0.25, 0.3) is 0 Å². The molecule has 1 aliphatic heterocycles. The third-order valence-electron chi connectivity index (χ3n) is 3.30. The minimum atomic E-state index is 0.114. The van der Waals surface area contributed by atoms with E-state index in [1.807, 2.05) is 4.68 Å². The summed E-state index contributed by atoms with van der Waals surface area (Å²) >= 11 is 0. The van der Waals surface area contributed by atoms with Gasteiger partial charge in [-0.3, -0.25) is 14.4 Å². The monoisotopic (exact) mass is 250 g/mol. The van der Waals surface area contributed by atoms with Gasteiger partial charge < -0.3 is 5.32 Å². The molecule has 1 saturated heterocycles. The number of hydrogen-bond donors (Lipinski definition) is 1. The number of amides is 1. The van der Waals surface area contributed by atoms with Crippen LogP contribution in [0.4, 0.5) is 0 Å². The highest BCUT2D eigenvalue weighted by Crippen LogP contribution is 2.14. The molecule has 0 saturated carbocycles. The van der Waals surface area contributed by atoms with Crippen LogP contribution in [-0.4, -0.2) is 40.2 Å². The molecular weight excluding hydrogens is 228 g/mol. The summed E-state index contributed by atoms with van der Waals surface area (Å²) in [6.45, 7) is 9.31. The van der Waals surface area contributed by atoms with Gasteiger partial charge in [-0.05, 0) is 25.8 Å². The fourth-order valence-corrected chi connectivity index (χ4v) is 2.20. The molecular formula is C13H22N4O. The van der Waals surface area contributed by atoms with Gasteiger partial charge in [-0.15, -0.1) is 0 Å². The van der Waals surface area contributed by atoms with Crippen molar-refractivity contribution in [2.24, 2.45) is 0 Å². The Kier molecular flexibility index (Phi) is 4.01. The summed E-state index contributed by atoms with van der Waals surface area (Å²) < 4.78 is 2.01. The molecule has 2 rings (SSSR count). The Bertz CT molecular complexity index is 425. The Hall–Kier alpha value is -1.36. The fourth-order valence-electron chi connectivity index (χ4n) is 2.20. The van der Waals surface area contributed by atoms with E-state index in [1.54, 1.807) is 0 Å². The van der Waals surface area contributed by atoms with Crippen molar-refractivity contribution in [3.63, 3.8) is 0 Å². The van der Waals surface area contributed by atoms with Crippen molar-refractivity contribution in [2.75, 3.05) is 19.6 Å².